The fourth-order valence-corrected chi connectivity index (χ4v) is 3.69. The van der Waals surface area contributed by atoms with Crippen molar-refractivity contribution in [1.82, 2.24) is 0 Å². The van der Waals surface area contributed by atoms with Gasteiger partial charge in [-0.1, -0.05) is 24.3 Å². The molecule has 2 heterocycles. The second-order valence-electron chi connectivity index (χ2n) is 6.66. The van der Waals surface area contributed by atoms with E-state index in [0.29, 0.717) is 0 Å². The molecule has 0 saturated carbocycles. The van der Waals surface area contributed by atoms with Crippen molar-refractivity contribution in [1.29, 1.82) is 0 Å². The highest BCUT2D eigenvalue weighted by atomic mass is 16.3. The first-order chi connectivity index (χ1) is 12.2. The third-order valence-electron chi connectivity index (χ3n) is 5.02. The number of nitrogens with zero attached hydrogens (tertiary/aromatic N) is 1. The molecule has 25 heavy (non-hydrogen) atoms. The van der Waals surface area contributed by atoms with Crippen molar-refractivity contribution in [3.05, 3.63) is 78.5 Å². The van der Waals surface area contributed by atoms with Crippen LogP contribution >= 0.6 is 0 Å². The molecule has 0 atom stereocenters. The highest BCUT2D eigenvalue weighted by molar-refractivity contribution is 6.10. The molecule has 5 rings (SSSR count). The van der Waals surface area contributed by atoms with Gasteiger partial charge in [0.25, 0.3) is 0 Å². The molecule has 2 heteroatoms. The summed E-state index contributed by atoms with van der Waals surface area (Å²) in [6.45, 7) is 2.17. The summed E-state index contributed by atoms with van der Waals surface area (Å²) in [5.41, 5.74) is 5.54. The molecule has 0 aliphatic carbocycles. The number of benzene rings is 3. The van der Waals surface area contributed by atoms with Gasteiger partial charge in [-0.3, -0.25) is 0 Å². The molecule has 0 N–H and O–H groups in total. The predicted molar refractivity (Wildman–Crippen MR) is 103 cm³/mol. The summed E-state index contributed by atoms with van der Waals surface area (Å²) in [6, 6.07) is 23.5. The van der Waals surface area contributed by atoms with E-state index in [2.05, 4.69) is 85.4 Å². The smallest absolute Gasteiger partial charge is 0.212 e. The fourth-order valence-electron chi connectivity index (χ4n) is 3.69. The molecule has 0 spiro atoms. The van der Waals surface area contributed by atoms with Gasteiger partial charge in [0.05, 0.1) is 5.56 Å². The third-order valence-corrected chi connectivity index (χ3v) is 5.02. The van der Waals surface area contributed by atoms with E-state index in [1.165, 1.54) is 38.4 Å². The lowest BCUT2D eigenvalue weighted by Crippen LogP contribution is -2.30. The summed E-state index contributed by atoms with van der Waals surface area (Å²) >= 11 is 0. The minimum atomic E-state index is 0.940. The SMILES string of the molecule is Cc1cc2c(cc1-c1cccc[n+]1C)oc1cc3ccccc3cc12. The van der Waals surface area contributed by atoms with Crippen LogP contribution in [0.1, 0.15) is 5.56 Å². The normalized spacial score (nSPS) is 11.6. The minimum Gasteiger partial charge on any atom is -0.456 e. The van der Waals surface area contributed by atoms with Gasteiger partial charge in [-0.15, -0.1) is 0 Å². The number of hydrogen-bond donors (Lipinski definition) is 0. The molecular formula is C23H18NO+. The number of aryl methyl sites for hydroxylation is 2. The Morgan fingerprint density at radius 2 is 1.44 bits per heavy atom. The van der Waals surface area contributed by atoms with Crippen LogP contribution in [0.5, 0.6) is 0 Å². The van der Waals surface area contributed by atoms with Crippen LogP contribution < -0.4 is 4.57 Å². The predicted octanol–water partition coefficient (Wildman–Crippen LogP) is 5.54. The number of fused-ring (bicyclic) bond motifs is 4. The second-order valence-corrected chi connectivity index (χ2v) is 6.66. The minimum absolute atomic E-state index is 0.940. The summed E-state index contributed by atoms with van der Waals surface area (Å²) < 4.78 is 8.35. The Bertz CT molecular complexity index is 1260. The van der Waals surface area contributed by atoms with Gasteiger partial charge in [-0.25, -0.2) is 4.57 Å². The molecular weight excluding hydrogens is 306 g/mol. The number of pyridine rings is 1. The van der Waals surface area contributed by atoms with Crippen LogP contribution in [-0.2, 0) is 7.05 Å². The van der Waals surface area contributed by atoms with Gasteiger partial charge in [0.1, 0.15) is 18.2 Å². The molecule has 3 aromatic carbocycles. The molecule has 0 aliphatic rings. The molecule has 5 aromatic rings. The summed E-state index contributed by atoms with van der Waals surface area (Å²) in [5.74, 6) is 0. The van der Waals surface area contributed by atoms with Crippen molar-refractivity contribution in [2.75, 3.05) is 0 Å². The van der Waals surface area contributed by atoms with Gasteiger partial charge >= 0.3 is 0 Å². The first kappa shape index (κ1) is 14.2. The molecule has 0 bridgehead atoms. The number of hydrogen-bond acceptors (Lipinski definition) is 1. The van der Waals surface area contributed by atoms with Crippen LogP contribution in [0, 0.1) is 6.92 Å². The number of aromatic nitrogens is 1. The highest BCUT2D eigenvalue weighted by Crippen LogP contribution is 2.35. The largest absolute Gasteiger partial charge is 0.456 e. The van der Waals surface area contributed by atoms with Crippen molar-refractivity contribution in [3.8, 4) is 11.3 Å². The maximum Gasteiger partial charge on any atom is 0.212 e. The van der Waals surface area contributed by atoms with E-state index in [-0.39, 0.29) is 0 Å². The Labute approximate surface area is 145 Å². The average molecular weight is 324 g/mol. The maximum absolute atomic E-state index is 6.21. The molecule has 2 nitrogen and oxygen atoms in total. The van der Waals surface area contributed by atoms with Gasteiger partial charge in [-0.05, 0) is 53.6 Å². The second kappa shape index (κ2) is 5.18. The van der Waals surface area contributed by atoms with Crippen molar-refractivity contribution in [3.63, 3.8) is 0 Å². The first-order valence-corrected chi connectivity index (χ1v) is 8.51. The monoisotopic (exact) mass is 324 g/mol. The summed E-state index contributed by atoms with van der Waals surface area (Å²) in [5, 5.41) is 4.82. The van der Waals surface area contributed by atoms with E-state index >= 15 is 0 Å². The Kier molecular flexibility index (Phi) is 2.95. The molecule has 0 amide bonds. The zero-order chi connectivity index (χ0) is 17.0. The summed E-state index contributed by atoms with van der Waals surface area (Å²) in [4.78, 5) is 0. The third kappa shape index (κ3) is 2.14. The van der Waals surface area contributed by atoms with Crippen molar-refractivity contribution in [2.45, 2.75) is 6.92 Å². The molecule has 0 fully saturated rings. The Hall–Kier alpha value is -3.13. The standard InChI is InChI=1S/C23H18NO/c1-15-11-19-20-12-16-7-3-4-8-17(16)13-22(20)25-23(19)14-18(15)21-9-5-6-10-24(21)2/h3-14H,1-2H3/q+1. The van der Waals surface area contributed by atoms with Gasteiger partial charge < -0.3 is 4.42 Å². The van der Waals surface area contributed by atoms with Crippen LogP contribution in [0.3, 0.4) is 0 Å². The van der Waals surface area contributed by atoms with Crippen molar-refractivity contribution in [2.24, 2.45) is 7.05 Å². The van der Waals surface area contributed by atoms with Crippen LogP contribution in [-0.4, -0.2) is 0 Å². The molecule has 0 unspecified atom stereocenters. The summed E-state index contributed by atoms with van der Waals surface area (Å²) in [6.07, 6.45) is 2.07. The first-order valence-electron chi connectivity index (χ1n) is 8.51. The van der Waals surface area contributed by atoms with Crippen molar-refractivity contribution >= 4 is 32.7 Å². The van der Waals surface area contributed by atoms with E-state index < -0.39 is 0 Å². The Morgan fingerprint density at radius 3 is 2.24 bits per heavy atom. The molecule has 2 aromatic heterocycles. The molecule has 0 aliphatic heterocycles. The van der Waals surface area contributed by atoms with E-state index in [9.17, 15) is 0 Å². The van der Waals surface area contributed by atoms with Crippen LogP contribution in [0.4, 0.5) is 0 Å². The molecule has 0 saturated heterocycles. The zero-order valence-corrected chi connectivity index (χ0v) is 14.3. The van der Waals surface area contributed by atoms with Gasteiger partial charge in [0, 0.05) is 22.9 Å². The Balaban J connectivity index is 1.84. The maximum atomic E-state index is 6.21. The van der Waals surface area contributed by atoms with Crippen LogP contribution in [0.2, 0.25) is 0 Å². The van der Waals surface area contributed by atoms with Crippen molar-refractivity contribution < 1.29 is 8.98 Å². The highest BCUT2D eigenvalue weighted by Gasteiger charge is 2.16. The van der Waals surface area contributed by atoms with Gasteiger partial charge in [0.15, 0.2) is 6.20 Å². The molecule has 120 valence electrons. The lowest BCUT2D eigenvalue weighted by molar-refractivity contribution is -0.660. The quantitative estimate of drug-likeness (QED) is 0.370. The topological polar surface area (TPSA) is 17.0 Å². The fraction of sp³-hybridized carbons (Fsp3) is 0.0870. The zero-order valence-electron chi connectivity index (χ0n) is 14.3. The van der Waals surface area contributed by atoms with E-state index in [1.54, 1.807) is 0 Å². The lowest BCUT2D eigenvalue weighted by Gasteiger charge is -2.04. The van der Waals surface area contributed by atoms with Gasteiger partial charge in [0.2, 0.25) is 5.69 Å². The molecule has 0 radical (unpaired) electrons. The van der Waals surface area contributed by atoms with Crippen LogP contribution in [0.15, 0.2) is 77.3 Å². The lowest BCUT2D eigenvalue weighted by atomic mass is 10.0. The summed E-state index contributed by atoms with van der Waals surface area (Å²) in [7, 11) is 2.07. The van der Waals surface area contributed by atoms with E-state index in [4.69, 9.17) is 4.42 Å². The number of furan rings is 1. The average Bonchev–Trinajstić information content (AvgIpc) is 2.96. The Morgan fingerprint density at radius 1 is 0.760 bits per heavy atom. The van der Waals surface area contributed by atoms with E-state index in [0.717, 1.165) is 11.2 Å². The van der Waals surface area contributed by atoms with Crippen LogP contribution in [0.25, 0.3) is 44.0 Å². The van der Waals surface area contributed by atoms with E-state index in [1.807, 2.05) is 6.07 Å². The van der Waals surface area contributed by atoms with Gasteiger partial charge in [-0.2, -0.15) is 0 Å². The number of rotatable bonds is 1.